The predicted octanol–water partition coefficient (Wildman–Crippen LogP) is 2.57. The Morgan fingerprint density at radius 1 is 1.24 bits per heavy atom. The molecule has 0 aromatic carbocycles. The van der Waals surface area contributed by atoms with E-state index in [-0.39, 0.29) is 5.91 Å². The molecule has 5 nitrogen and oxygen atoms in total. The number of nitrogens with zero attached hydrogens (tertiary/aromatic N) is 3. The third-order valence-corrected chi connectivity index (χ3v) is 3.11. The van der Waals surface area contributed by atoms with Crippen molar-refractivity contribution in [2.45, 2.75) is 19.9 Å². The number of hydrogen-bond acceptors (Lipinski definition) is 4. The highest BCUT2D eigenvalue weighted by atomic mass is 16.2. The van der Waals surface area contributed by atoms with Crippen molar-refractivity contribution < 1.29 is 4.79 Å². The van der Waals surface area contributed by atoms with Crippen LogP contribution in [0.3, 0.4) is 0 Å². The highest BCUT2D eigenvalue weighted by Crippen LogP contribution is 2.16. The maximum absolute atomic E-state index is 12.6. The van der Waals surface area contributed by atoms with Gasteiger partial charge in [0.2, 0.25) is 0 Å². The van der Waals surface area contributed by atoms with E-state index >= 15 is 0 Å². The minimum absolute atomic E-state index is 0.0279. The van der Waals surface area contributed by atoms with Crippen LogP contribution < -0.4 is 5.32 Å². The molecule has 2 aromatic heterocycles. The van der Waals surface area contributed by atoms with Gasteiger partial charge >= 0.3 is 0 Å². The van der Waals surface area contributed by atoms with Gasteiger partial charge in [-0.2, -0.15) is 0 Å². The van der Waals surface area contributed by atoms with Crippen molar-refractivity contribution in [2.75, 3.05) is 18.9 Å². The van der Waals surface area contributed by atoms with Crippen molar-refractivity contribution >= 4 is 11.6 Å². The number of rotatable bonds is 6. The number of amides is 1. The molecule has 110 valence electrons. The largest absolute Gasteiger partial charge is 0.383 e. The molecule has 2 rings (SSSR count). The van der Waals surface area contributed by atoms with Crippen LogP contribution in [0.4, 0.5) is 5.69 Å². The molecule has 1 N–H and O–H groups in total. The van der Waals surface area contributed by atoms with E-state index in [4.69, 9.17) is 0 Å². The van der Waals surface area contributed by atoms with Gasteiger partial charge in [-0.15, -0.1) is 0 Å². The van der Waals surface area contributed by atoms with E-state index in [1.165, 1.54) is 0 Å². The van der Waals surface area contributed by atoms with E-state index < -0.39 is 0 Å². The zero-order valence-corrected chi connectivity index (χ0v) is 12.4. The van der Waals surface area contributed by atoms with E-state index in [0.29, 0.717) is 12.1 Å². The van der Waals surface area contributed by atoms with Crippen LogP contribution in [-0.2, 0) is 6.54 Å². The van der Waals surface area contributed by atoms with Crippen LogP contribution in [0.15, 0.2) is 43.0 Å². The summed E-state index contributed by atoms with van der Waals surface area (Å²) in [6, 6.07) is 5.58. The van der Waals surface area contributed by atoms with Crippen molar-refractivity contribution in [1.29, 1.82) is 0 Å². The minimum atomic E-state index is -0.0279. The van der Waals surface area contributed by atoms with Crippen molar-refractivity contribution in [3.8, 4) is 0 Å². The van der Waals surface area contributed by atoms with Gasteiger partial charge in [0.05, 0.1) is 17.4 Å². The fourth-order valence-electron chi connectivity index (χ4n) is 2.02. The quantitative estimate of drug-likeness (QED) is 0.885. The number of pyridine rings is 2. The Balaban J connectivity index is 2.12. The van der Waals surface area contributed by atoms with Crippen molar-refractivity contribution in [1.82, 2.24) is 14.9 Å². The summed E-state index contributed by atoms with van der Waals surface area (Å²) in [5.74, 6) is -0.0279. The molecular formula is C16H20N4O. The number of hydrogen-bond donors (Lipinski definition) is 1. The zero-order chi connectivity index (χ0) is 15.1. The fourth-order valence-corrected chi connectivity index (χ4v) is 2.02. The molecule has 21 heavy (non-hydrogen) atoms. The second-order valence-electron chi connectivity index (χ2n) is 4.87. The molecule has 0 saturated heterocycles. The molecule has 0 bridgehead atoms. The summed E-state index contributed by atoms with van der Waals surface area (Å²) in [7, 11) is 1.79. The van der Waals surface area contributed by atoms with E-state index in [9.17, 15) is 4.79 Å². The van der Waals surface area contributed by atoms with Gasteiger partial charge < -0.3 is 10.2 Å². The Morgan fingerprint density at radius 2 is 2.05 bits per heavy atom. The highest BCUT2D eigenvalue weighted by Gasteiger charge is 2.15. The minimum Gasteiger partial charge on any atom is -0.383 e. The van der Waals surface area contributed by atoms with Gasteiger partial charge in [-0.3, -0.25) is 14.8 Å². The summed E-state index contributed by atoms with van der Waals surface area (Å²) in [5, 5.41) is 3.24. The number of aromatic nitrogens is 2. The van der Waals surface area contributed by atoms with Crippen LogP contribution in [0.1, 0.15) is 29.3 Å². The fraction of sp³-hybridized carbons (Fsp3) is 0.312. The molecule has 0 fully saturated rings. The molecule has 0 aliphatic carbocycles. The third kappa shape index (κ3) is 4.02. The lowest BCUT2D eigenvalue weighted by molar-refractivity contribution is 0.0786. The molecule has 0 unspecified atom stereocenters. The molecule has 0 spiro atoms. The lowest BCUT2D eigenvalue weighted by Gasteiger charge is -2.19. The van der Waals surface area contributed by atoms with Gasteiger partial charge in [0.15, 0.2) is 0 Å². The summed E-state index contributed by atoms with van der Waals surface area (Å²) in [6.07, 6.45) is 7.82. The summed E-state index contributed by atoms with van der Waals surface area (Å²) >= 11 is 0. The number of carbonyl (C=O) groups excluding carboxylic acids is 1. The molecule has 0 aliphatic heterocycles. The zero-order valence-electron chi connectivity index (χ0n) is 12.4. The normalized spacial score (nSPS) is 10.2. The molecule has 5 heteroatoms. The van der Waals surface area contributed by atoms with Gasteiger partial charge in [0, 0.05) is 38.7 Å². The standard InChI is InChI=1S/C16H20N4O/c1-3-7-19-15-11-18-9-6-14(15)16(21)20(2)12-13-5-4-8-17-10-13/h4-6,8-11,19H,3,7,12H2,1-2H3. The van der Waals surface area contributed by atoms with Crippen LogP contribution >= 0.6 is 0 Å². The molecule has 0 atom stereocenters. The maximum atomic E-state index is 12.6. The monoisotopic (exact) mass is 284 g/mol. The van der Waals surface area contributed by atoms with E-state index in [1.807, 2.05) is 12.1 Å². The molecule has 1 amide bonds. The second kappa shape index (κ2) is 7.38. The first kappa shape index (κ1) is 15.0. The lowest BCUT2D eigenvalue weighted by atomic mass is 10.2. The Kier molecular flexibility index (Phi) is 5.26. The number of nitrogens with one attached hydrogen (secondary N) is 1. The van der Waals surface area contributed by atoms with Gasteiger partial charge in [-0.05, 0) is 24.1 Å². The SMILES string of the molecule is CCCNc1cnccc1C(=O)N(C)Cc1cccnc1. The number of carbonyl (C=O) groups is 1. The average Bonchev–Trinajstić information content (AvgIpc) is 2.53. The molecule has 0 saturated carbocycles. The highest BCUT2D eigenvalue weighted by molar-refractivity contribution is 5.99. The van der Waals surface area contributed by atoms with Crippen molar-refractivity contribution in [2.24, 2.45) is 0 Å². The summed E-state index contributed by atoms with van der Waals surface area (Å²) in [4.78, 5) is 22.4. The Bertz CT molecular complexity index is 586. The van der Waals surface area contributed by atoms with E-state index in [1.54, 1.807) is 42.8 Å². The summed E-state index contributed by atoms with van der Waals surface area (Å²) in [5.41, 5.74) is 2.43. The van der Waals surface area contributed by atoms with Crippen LogP contribution in [0.2, 0.25) is 0 Å². The first-order chi connectivity index (χ1) is 10.2. The van der Waals surface area contributed by atoms with Crippen LogP contribution in [0.25, 0.3) is 0 Å². The van der Waals surface area contributed by atoms with Crippen molar-refractivity contribution in [3.63, 3.8) is 0 Å². The molecular weight excluding hydrogens is 264 g/mol. The van der Waals surface area contributed by atoms with E-state index in [0.717, 1.165) is 24.2 Å². The average molecular weight is 284 g/mol. The van der Waals surface area contributed by atoms with Crippen LogP contribution in [0, 0.1) is 0 Å². The Morgan fingerprint density at radius 3 is 2.76 bits per heavy atom. The van der Waals surface area contributed by atoms with Gasteiger partial charge in [0.25, 0.3) is 5.91 Å². The molecule has 2 heterocycles. The smallest absolute Gasteiger partial charge is 0.256 e. The molecule has 0 aliphatic rings. The van der Waals surface area contributed by atoms with E-state index in [2.05, 4.69) is 22.2 Å². The first-order valence-corrected chi connectivity index (χ1v) is 7.04. The first-order valence-electron chi connectivity index (χ1n) is 7.04. The van der Waals surface area contributed by atoms with Crippen LogP contribution in [-0.4, -0.2) is 34.4 Å². The van der Waals surface area contributed by atoms with Crippen LogP contribution in [0.5, 0.6) is 0 Å². The Labute approximate surface area is 125 Å². The van der Waals surface area contributed by atoms with Crippen molar-refractivity contribution in [3.05, 3.63) is 54.1 Å². The molecule has 0 radical (unpaired) electrons. The maximum Gasteiger partial charge on any atom is 0.256 e. The van der Waals surface area contributed by atoms with Gasteiger partial charge in [-0.1, -0.05) is 13.0 Å². The predicted molar refractivity (Wildman–Crippen MR) is 83.1 cm³/mol. The summed E-state index contributed by atoms with van der Waals surface area (Å²) < 4.78 is 0. The third-order valence-electron chi connectivity index (χ3n) is 3.11. The lowest BCUT2D eigenvalue weighted by Crippen LogP contribution is -2.27. The van der Waals surface area contributed by atoms with Gasteiger partial charge in [-0.25, -0.2) is 0 Å². The van der Waals surface area contributed by atoms with Gasteiger partial charge in [0.1, 0.15) is 0 Å². The second-order valence-corrected chi connectivity index (χ2v) is 4.87. The molecule has 2 aromatic rings. The topological polar surface area (TPSA) is 58.1 Å². The summed E-state index contributed by atoms with van der Waals surface area (Å²) in [6.45, 7) is 3.43. The number of anilines is 1. The Hall–Kier alpha value is -2.43.